The van der Waals surface area contributed by atoms with Crippen LogP contribution in [0.1, 0.15) is 24.1 Å². The monoisotopic (exact) mass is 439 g/mol. The van der Waals surface area contributed by atoms with Gasteiger partial charge in [-0.05, 0) is 29.7 Å². The lowest BCUT2D eigenvalue weighted by atomic mass is 9.94. The largest absolute Gasteiger partial charge is 0.379 e. The second-order valence-electron chi connectivity index (χ2n) is 7.12. The average Bonchev–Trinajstić information content (AvgIpc) is 2.73. The maximum absolute atomic E-state index is 12.5. The first kappa shape index (κ1) is 25.4. The number of hydrogen-bond acceptors (Lipinski definition) is 4. The molecule has 0 radical (unpaired) electrons. The SMILES string of the molecule is CC(C(=O)Nc1ccc(CCN2CCOCC2)cc1)C(N)c1ccccc1.Cl.Cl. The molecule has 160 valence electrons. The first-order chi connectivity index (χ1) is 13.1. The summed E-state index contributed by atoms with van der Waals surface area (Å²) in [6, 6.07) is 17.5. The van der Waals surface area contributed by atoms with E-state index in [1.807, 2.05) is 49.4 Å². The molecule has 2 unspecified atom stereocenters. The zero-order valence-electron chi connectivity index (χ0n) is 16.8. The van der Waals surface area contributed by atoms with E-state index in [0.717, 1.165) is 50.5 Å². The van der Waals surface area contributed by atoms with Crippen LogP contribution in [0.2, 0.25) is 0 Å². The highest BCUT2D eigenvalue weighted by Crippen LogP contribution is 2.21. The van der Waals surface area contributed by atoms with Crippen molar-refractivity contribution in [1.82, 2.24) is 4.90 Å². The number of halogens is 2. The zero-order chi connectivity index (χ0) is 19.1. The van der Waals surface area contributed by atoms with Crippen LogP contribution in [-0.2, 0) is 16.0 Å². The fraction of sp³-hybridized carbons (Fsp3) is 0.409. The van der Waals surface area contributed by atoms with Gasteiger partial charge in [0, 0.05) is 31.4 Å². The Bertz CT molecular complexity index is 723. The summed E-state index contributed by atoms with van der Waals surface area (Å²) in [6.45, 7) is 6.58. The first-order valence-corrected chi connectivity index (χ1v) is 9.64. The van der Waals surface area contributed by atoms with Crippen molar-refractivity contribution in [2.45, 2.75) is 19.4 Å². The third-order valence-corrected chi connectivity index (χ3v) is 5.18. The van der Waals surface area contributed by atoms with Gasteiger partial charge in [0.05, 0.1) is 19.1 Å². The maximum atomic E-state index is 12.5. The highest BCUT2D eigenvalue weighted by Gasteiger charge is 2.22. The van der Waals surface area contributed by atoms with Gasteiger partial charge in [-0.3, -0.25) is 9.69 Å². The molecule has 7 heteroatoms. The average molecular weight is 440 g/mol. The Morgan fingerprint density at radius 1 is 1.07 bits per heavy atom. The molecule has 3 rings (SSSR count). The van der Waals surface area contributed by atoms with E-state index in [9.17, 15) is 4.79 Å². The number of ether oxygens (including phenoxy) is 1. The molecule has 2 aromatic rings. The number of carbonyl (C=O) groups is 1. The van der Waals surface area contributed by atoms with E-state index in [1.54, 1.807) is 0 Å². The molecule has 1 aliphatic heterocycles. The molecule has 2 aromatic carbocycles. The Kier molecular flexibility index (Phi) is 11.2. The fourth-order valence-electron chi connectivity index (χ4n) is 3.25. The summed E-state index contributed by atoms with van der Waals surface area (Å²) in [5, 5.41) is 2.98. The summed E-state index contributed by atoms with van der Waals surface area (Å²) in [5.41, 5.74) is 9.30. The summed E-state index contributed by atoms with van der Waals surface area (Å²) in [6.07, 6.45) is 1.00. The molecule has 29 heavy (non-hydrogen) atoms. The van der Waals surface area contributed by atoms with E-state index >= 15 is 0 Å². The number of morpholine rings is 1. The van der Waals surface area contributed by atoms with Crippen molar-refractivity contribution < 1.29 is 9.53 Å². The van der Waals surface area contributed by atoms with Gasteiger partial charge in [-0.15, -0.1) is 24.8 Å². The van der Waals surface area contributed by atoms with E-state index < -0.39 is 0 Å². The first-order valence-electron chi connectivity index (χ1n) is 9.64. The summed E-state index contributed by atoms with van der Waals surface area (Å²) < 4.78 is 5.38. The fourth-order valence-corrected chi connectivity index (χ4v) is 3.25. The third-order valence-electron chi connectivity index (χ3n) is 5.18. The Hall–Kier alpha value is -1.63. The van der Waals surface area contributed by atoms with Gasteiger partial charge in [0.2, 0.25) is 5.91 Å². The minimum atomic E-state index is -0.320. The van der Waals surface area contributed by atoms with Crippen LogP contribution in [0.25, 0.3) is 0 Å². The molecule has 1 amide bonds. The number of benzene rings is 2. The highest BCUT2D eigenvalue weighted by molar-refractivity contribution is 5.92. The predicted octanol–water partition coefficient (Wildman–Crippen LogP) is 3.68. The van der Waals surface area contributed by atoms with Gasteiger partial charge >= 0.3 is 0 Å². The van der Waals surface area contributed by atoms with E-state index in [0.29, 0.717) is 0 Å². The minimum absolute atomic E-state index is 0. The lowest BCUT2D eigenvalue weighted by Crippen LogP contribution is -2.37. The van der Waals surface area contributed by atoms with Crippen molar-refractivity contribution in [2.75, 3.05) is 38.2 Å². The molecule has 1 fully saturated rings. The van der Waals surface area contributed by atoms with E-state index in [-0.39, 0.29) is 42.7 Å². The van der Waals surface area contributed by atoms with Crippen molar-refractivity contribution in [3.8, 4) is 0 Å². The molecule has 2 atom stereocenters. The highest BCUT2D eigenvalue weighted by atomic mass is 35.5. The Morgan fingerprint density at radius 3 is 2.31 bits per heavy atom. The van der Waals surface area contributed by atoms with E-state index in [1.165, 1.54) is 5.56 Å². The topological polar surface area (TPSA) is 67.6 Å². The van der Waals surface area contributed by atoms with Crippen LogP contribution in [0, 0.1) is 5.92 Å². The van der Waals surface area contributed by atoms with Gasteiger partial charge in [-0.25, -0.2) is 0 Å². The number of amides is 1. The van der Waals surface area contributed by atoms with Crippen LogP contribution in [-0.4, -0.2) is 43.7 Å². The summed E-state index contributed by atoms with van der Waals surface area (Å²) >= 11 is 0. The Balaban J connectivity index is 0.00000210. The minimum Gasteiger partial charge on any atom is -0.379 e. The number of rotatable bonds is 7. The number of nitrogens with zero attached hydrogens (tertiary/aromatic N) is 1. The van der Waals surface area contributed by atoms with Crippen molar-refractivity contribution in [3.05, 3.63) is 65.7 Å². The number of anilines is 1. The summed E-state index contributed by atoms with van der Waals surface area (Å²) in [7, 11) is 0. The van der Waals surface area contributed by atoms with Gasteiger partial charge in [-0.2, -0.15) is 0 Å². The standard InChI is InChI=1S/C22H29N3O2.2ClH/c1-17(21(23)19-5-3-2-4-6-19)22(26)24-20-9-7-18(8-10-20)11-12-25-13-15-27-16-14-25;;/h2-10,17,21H,11-16,23H2,1H3,(H,24,26);2*1H. The number of carbonyl (C=O) groups excluding carboxylic acids is 1. The quantitative estimate of drug-likeness (QED) is 0.690. The number of nitrogens with two attached hydrogens (primary N) is 1. The summed E-state index contributed by atoms with van der Waals surface area (Å²) in [4.78, 5) is 15.0. The van der Waals surface area contributed by atoms with Gasteiger partial charge in [0.1, 0.15) is 0 Å². The van der Waals surface area contributed by atoms with Crippen molar-refractivity contribution in [1.29, 1.82) is 0 Å². The lowest BCUT2D eigenvalue weighted by Gasteiger charge is -2.26. The normalized spacial score (nSPS) is 16.1. The van der Waals surface area contributed by atoms with Crippen LogP contribution >= 0.6 is 24.8 Å². The molecule has 0 bridgehead atoms. The molecule has 0 saturated carbocycles. The van der Waals surface area contributed by atoms with E-state index in [2.05, 4.69) is 22.3 Å². The van der Waals surface area contributed by atoms with Crippen LogP contribution in [0.15, 0.2) is 54.6 Å². The molecule has 1 saturated heterocycles. The van der Waals surface area contributed by atoms with Gasteiger partial charge in [0.25, 0.3) is 0 Å². The molecule has 3 N–H and O–H groups in total. The van der Waals surface area contributed by atoms with Crippen LogP contribution in [0.4, 0.5) is 5.69 Å². The second kappa shape index (κ2) is 12.8. The van der Waals surface area contributed by atoms with Crippen molar-refractivity contribution >= 4 is 36.4 Å². The molecular weight excluding hydrogens is 409 g/mol. The molecule has 1 aliphatic rings. The van der Waals surface area contributed by atoms with Crippen molar-refractivity contribution in [3.63, 3.8) is 0 Å². The molecule has 0 aliphatic carbocycles. The molecule has 0 aromatic heterocycles. The van der Waals surface area contributed by atoms with Crippen molar-refractivity contribution in [2.24, 2.45) is 11.7 Å². The van der Waals surface area contributed by atoms with Gasteiger partial charge < -0.3 is 15.8 Å². The van der Waals surface area contributed by atoms with Gasteiger partial charge in [0.15, 0.2) is 0 Å². The molecule has 1 heterocycles. The maximum Gasteiger partial charge on any atom is 0.229 e. The zero-order valence-corrected chi connectivity index (χ0v) is 18.4. The summed E-state index contributed by atoms with van der Waals surface area (Å²) in [5.74, 6) is -0.374. The molecule has 0 spiro atoms. The predicted molar refractivity (Wildman–Crippen MR) is 123 cm³/mol. The third kappa shape index (κ3) is 7.61. The Labute approximate surface area is 185 Å². The second-order valence-corrected chi connectivity index (χ2v) is 7.12. The number of nitrogens with one attached hydrogen (secondary N) is 1. The molecular formula is C22H31Cl2N3O2. The van der Waals surface area contributed by atoms with Crippen LogP contribution in [0.3, 0.4) is 0 Å². The van der Waals surface area contributed by atoms with Gasteiger partial charge in [-0.1, -0.05) is 49.4 Å². The lowest BCUT2D eigenvalue weighted by molar-refractivity contribution is -0.120. The van der Waals surface area contributed by atoms with E-state index in [4.69, 9.17) is 10.5 Å². The van der Waals surface area contributed by atoms with Crippen LogP contribution < -0.4 is 11.1 Å². The number of hydrogen-bond donors (Lipinski definition) is 2. The van der Waals surface area contributed by atoms with Crippen LogP contribution in [0.5, 0.6) is 0 Å². The Morgan fingerprint density at radius 2 is 1.69 bits per heavy atom. The molecule has 5 nitrogen and oxygen atoms in total. The smallest absolute Gasteiger partial charge is 0.229 e.